The van der Waals surface area contributed by atoms with E-state index in [1.54, 1.807) is 6.92 Å². The fraction of sp³-hybridized carbons (Fsp3) is 0.250. The first kappa shape index (κ1) is 12.0. The van der Waals surface area contributed by atoms with Gasteiger partial charge in [0.05, 0.1) is 0 Å². The number of rotatable bonds is 3. The molecule has 0 unspecified atom stereocenters. The molecule has 0 aliphatic carbocycles. The van der Waals surface area contributed by atoms with Crippen molar-refractivity contribution < 1.29 is 8.62 Å². The molecule has 0 saturated heterocycles. The highest BCUT2D eigenvalue weighted by Crippen LogP contribution is 2.22. The molecule has 3 heteroatoms. The molecular weight excluding hydrogens is 256 g/mol. The van der Waals surface area contributed by atoms with Gasteiger partial charge in [-0.15, -0.1) is 0 Å². The highest BCUT2D eigenvalue weighted by atomic mass is 79.9. The summed E-state index contributed by atoms with van der Waals surface area (Å²) in [7, 11) is 0. The summed E-state index contributed by atoms with van der Waals surface area (Å²) in [5.41, 5.74) is 2.72. The van der Waals surface area contributed by atoms with Crippen LogP contribution in [0.5, 0.6) is 0 Å². The SMILES string of the molecule is CCC(=C(C)C(=O)OBr)c1ccccc1. The number of halogens is 1. The van der Waals surface area contributed by atoms with Crippen LogP contribution >= 0.6 is 16.3 Å². The summed E-state index contributed by atoms with van der Waals surface area (Å²) in [6.07, 6.45) is 0.804. The first-order valence-corrected chi connectivity index (χ1v) is 5.43. The van der Waals surface area contributed by atoms with E-state index < -0.39 is 0 Å². The van der Waals surface area contributed by atoms with Crippen molar-refractivity contribution in [2.45, 2.75) is 20.3 Å². The van der Waals surface area contributed by atoms with Crippen LogP contribution in [0.4, 0.5) is 0 Å². The predicted octanol–water partition coefficient (Wildman–Crippen LogP) is 3.72. The van der Waals surface area contributed by atoms with Gasteiger partial charge in [0.25, 0.3) is 0 Å². The van der Waals surface area contributed by atoms with Crippen LogP contribution in [-0.4, -0.2) is 5.97 Å². The van der Waals surface area contributed by atoms with Crippen molar-refractivity contribution in [3.05, 3.63) is 41.5 Å². The van der Waals surface area contributed by atoms with Crippen LogP contribution in [0, 0.1) is 0 Å². The summed E-state index contributed by atoms with van der Waals surface area (Å²) in [4.78, 5) is 11.4. The average molecular weight is 269 g/mol. The van der Waals surface area contributed by atoms with E-state index in [0.717, 1.165) is 17.6 Å². The van der Waals surface area contributed by atoms with Crippen molar-refractivity contribution in [2.24, 2.45) is 0 Å². The second-order valence-corrected chi connectivity index (χ2v) is 3.51. The van der Waals surface area contributed by atoms with Gasteiger partial charge in [0.2, 0.25) is 0 Å². The van der Waals surface area contributed by atoms with E-state index in [4.69, 9.17) is 0 Å². The maximum absolute atomic E-state index is 11.4. The lowest BCUT2D eigenvalue weighted by atomic mass is 9.98. The van der Waals surface area contributed by atoms with E-state index in [0.29, 0.717) is 5.57 Å². The molecule has 0 atom stereocenters. The van der Waals surface area contributed by atoms with E-state index in [1.165, 1.54) is 0 Å². The monoisotopic (exact) mass is 268 g/mol. The van der Waals surface area contributed by atoms with Crippen molar-refractivity contribution in [3.8, 4) is 0 Å². The average Bonchev–Trinajstić information content (AvgIpc) is 2.30. The number of carbonyl (C=O) groups is 1. The summed E-state index contributed by atoms with van der Waals surface area (Å²) in [5, 5.41) is 0. The highest BCUT2D eigenvalue weighted by Gasteiger charge is 2.11. The molecule has 0 aliphatic heterocycles. The van der Waals surface area contributed by atoms with Gasteiger partial charge in [-0.3, -0.25) is 0 Å². The number of allylic oxidation sites excluding steroid dienone is 1. The topological polar surface area (TPSA) is 26.3 Å². The minimum atomic E-state index is -0.337. The summed E-state index contributed by atoms with van der Waals surface area (Å²) in [6.45, 7) is 3.79. The lowest BCUT2D eigenvalue weighted by Gasteiger charge is -2.08. The number of hydrogen-bond donors (Lipinski definition) is 0. The van der Waals surface area contributed by atoms with Crippen molar-refractivity contribution in [2.75, 3.05) is 0 Å². The van der Waals surface area contributed by atoms with Crippen molar-refractivity contribution in [1.29, 1.82) is 0 Å². The number of carbonyl (C=O) groups excluding carboxylic acids is 1. The van der Waals surface area contributed by atoms with Gasteiger partial charge in [-0.05, 0) is 24.5 Å². The van der Waals surface area contributed by atoms with E-state index in [2.05, 4.69) is 20.1 Å². The Balaban J connectivity index is 3.13. The molecule has 0 aromatic heterocycles. The molecule has 0 aliphatic rings. The summed E-state index contributed by atoms with van der Waals surface area (Å²) >= 11 is 2.70. The van der Waals surface area contributed by atoms with Crippen LogP contribution in [0.25, 0.3) is 5.57 Å². The molecule has 80 valence electrons. The Kier molecular flexibility index (Phi) is 4.56. The molecule has 0 amide bonds. The van der Waals surface area contributed by atoms with Crippen LogP contribution in [0.3, 0.4) is 0 Å². The number of benzene rings is 1. The van der Waals surface area contributed by atoms with Gasteiger partial charge in [-0.1, -0.05) is 37.3 Å². The lowest BCUT2D eigenvalue weighted by Crippen LogP contribution is -2.01. The first-order chi connectivity index (χ1) is 7.20. The molecule has 1 rings (SSSR count). The van der Waals surface area contributed by atoms with E-state index >= 15 is 0 Å². The third kappa shape index (κ3) is 2.93. The Morgan fingerprint density at radius 3 is 2.40 bits per heavy atom. The molecule has 1 aromatic carbocycles. The number of hydrogen-bond acceptors (Lipinski definition) is 2. The quantitative estimate of drug-likeness (QED) is 0.781. The maximum atomic E-state index is 11.4. The molecule has 0 saturated carbocycles. The first-order valence-electron chi connectivity index (χ1n) is 4.78. The van der Waals surface area contributed by atoms with Gasteiger partial charge in [-0.2, -0.15) is 0 Å². The molecule has 0 fully saturated rings. The van der Waals surface area contributed by atoms with Crippen molar-refractivity contribution in [3.63, 3.8) is 0 Å². The minimum absolute atomic E-state index is 0.337. The fourth-order valence-electron chi connectivity index (χ4n) is 1.51. The second-order valence-electron chi connectivity index (χ2n) is 3.19. The third-order valence-corrected chi connectivity index (χ3v) is 2.60. The van der Waals surface area contributed by atoms with Crippen LogP contribution in [0.15, 0.2) is 35.9 Å². The van der Waals surface area contributed by atoms with Gasteiger partial charge in [0, 0.05) is 5.57 Å². The van der Waals surface area contributed by atoms with Gasteiger partial charge < -0.3 is 3.83 Å². The van der Waals surface area contributed by atoms with Crippen molar-refractivity contribution in [1.82, 2.24) is 0 Å². The molecule has 0 bridgehead atoms. The normalized spacial score (nSPS) is 11.9. The smallest absolute Gasteiger partial charge is 0.345 e. The summed E-state index contributed by atoms with van der Waals surface area (Å²) in [5.74, 6) is -0.337. The zero-order valence-corrected chi connectivity index (χ0v) is 10.4. The molecule has 0 heterocycles. The molecule has 15 heavy (non-hydrogen) atoms. The second kappa shape index (κ2) is 5.71. The van der Waals surface area contributed by atoms with Crippen LogP contribution in [0.2, 0.25) is 0 Å². The van der Waals surface area contributed by atoms with E-state index in [-0.39, 0.29) is 5.97 Å². The van der Waals surface area contributed by atoms with Crippen LogP contribution < -0.4 is 0 Å². The van der Waals surface area contributed by atoms with Gasteiger partial charge in [0.15, 0.2) is 16.3 Å². The Morgan fingerprint density at radius 1 is 1.33 bits per heavy atom. The molecule has 2 nitrogen and oxygen atoms in total. The molecule has 0 spiro atoms. The zero-order chi connectivity index (χ0) is 11.3. The molecule has 0 radical (unpaired) electrons. The Bertz CT molecular complexity index is 368. The molecule has 1 aromatic rings. The van der Waals surface area contributed by atoms with Crippen LogP contribution in [0.1, 0.15) is 25.8 Å². The predicted molar refractivity (Wildman–Crippen MR) is 64.3 cm³/mol. The summed E-state index contributed by atoms with van der Waals surface area (Å²) in [6, 6.07) is 9.85. The van der Waals surface area contributed by atoms with E-state index in [1.807, 2.05) is 37.3 Å². The minimum Gasteiger partial charge on any atom is -0.380 e. The third-order valence-electron chi connectivity index (χ3n) is 2.30. The Morgan fingerprint density at radius 2 is 1.93 bits per heavy atom. The van der Waals surface area contributed by atoms with Crippen LogP contribution in [-0.2, 0) is 8.62 Å². The van der Waals surface area contributed by atoms with Crippen molar-refractivity contribution >= 4 is 27.8 Å². The van der Waals surface area contributed by atoms with Gasteiger partial charge in [0.1, 0.15) is 0 Å². The Hall–Kier alpha value is -1.09. The molecular formula is C12H13BrO2. The highest BCUT2D eigenvalue weighted by molar-refractivity contribution is 9.06. The fourth-order valence-corrected chi connectivity index (χ4v) is 1.75. The zero-order valence-electron chi connectivity index (χ0n) is 8.79. The Labute approximate surface area is 98.4 Å². The van der Waals surface area contributed by atoms with E-state index in [9.17, 15) is 4.79 Å². The standard InChI is InChI=1S/C12H13BrO2/c1-3-11(9(2)12(14)15-13)10-7-5-4-6-8-10/h4-8H,3H2,1-2H3. The summed E-state index contributed by atoms with van der Waals surface area (Å²) < 4.78 is 4.53. The lowest BCUT2D eigenvalue weighted by molar-refractivity contribution is -0.128. The molecule has 0 N–H and O–H groups in total. The largest absolute Gasteiger partial charge is 0.380 e. The van der Waals surface area contributed by atoms with Gasteiger partial charge in [-0.25, -0.2) is 4.79 Å². The maximum Gasteiger partial charge on any atom is 0.345 e. The van der Waals surface area contributed by atoms with Gasteiger partial charge >= 0.3 is 5.97 Å².